The molecule has 1 saturated heterocycles. The lowest BCUT2D eigenvalue weighted by atomic mass is 9.94. The van der Waals surface area contributed by atoms with E-state index in [1.807, 2.05) is 0 Å². The molecule has 0 spiro atoms. The lowest BCUT2D eigenvalue weighted by Crippen LogP contribution is -2.41. The number of benzene rings is 1. The fraction of sp³-hybridized carbons (Fsp3) is 0.588. The van der Waals surface area contributed by atoms with Gasteiger partial charge in [-0.2, -0.15) is 0 Å². The van der Waals surface area contributed by atoms with Crippen LogP contribution in [0, 0.1) is 11.8 Å². The Morgan fingerprint density at radius 2 is 2.14 bits per heavy atom. The van der Waals surface area contributed by atoms with Gasteiger partial charge in [-0.05, 0) is 60.8 Å². The van der Waals surface area contributed by atoms with Crippen LogP contribution in [-0.2, 0) is 11.2 Å². The maximum atomic E-state index is 11.8. The summed E-state index contributed by atoms with van der Waals surface area (Å²) in [5.74, 6) is 0.363. The average Bonchev–Trinajstić information content (AvgIpc) is 3.08. The number of aliphatic carboxylic acids is 1. The summed E-state index contributed by atoms with van der Waals surface area (Å²) < 4.78 is 1.12. The van der Waals surface area contributed by atoms with Crippen molar-refractivity contribution in [1.29, 1.82) is 0 Å². The number of carboxylic acid groups (broad SMARTS) is 1. The molecule has 1 aromatic rings. The number of halogens is 1. The molecule has 1 saturated carbocycles. The van der Waals surface area contributed by atoms with Crippen molar-refractivity contribution >= 4 is 21.9 Å². The summed E-state index contributed by atoms with van der Waals surface area (Å²) in [7, 11) is 0. The van der Waals surface area contributed by atoms with E-state index in [1.165, 1.54) is 24.0 Å². The lowest BCUT2D eigenvalue weighted by Gasteiger charge is -2.30. The lowest BCUT2D eigenvalue weighted by molar-refractivity contribution is -0.144. The first-order chi connectivity index (χ1) is 10.1. The van der Waals surface area contributed by atoms with Gasteiger partial charge in [-0.15, -0.1) is 0 Å². The monoisotopic (exact) mass is 349 g/mol. The van der Waals surface area contributed by atoms with Crippen molar-refractivity contribution in [3.05, 3.63) is 33.8 Å². The van der Waals surface area contributed by atoms with Crippen LogP contribution in [0.15, 0.2) is 22.7 Å². The first-order valence-electron chi connectivity index (χ1n) is 7.92. The number of carboxylic acids is 1. The van der Waals surface area contributed by atoms with E-state index in [0.29, 0.717) is 17.9 Å². The minimum atomic E-state index is -0.616. The van der Waals surface area contributed by atoms with Gasteiger partial charge in [0.05, 0.1) is 0 Å². The number of rotatable bonds is 2. The van der Waals surface area contributed by atoms with Crippen molar-refractivity contribution in [2.75, 3.05) is 6.54 Å². The smallest absolute Gasteiger partial charge is 0.321 e. The van der Waals surface area contributed by atoms with E-state index in [4.69, 9.17) is 0 Å². The van der Waals surface area contributed by atoms with Gasteiger partial charge < -0.3 is 5.11 Å². The van der Waals surface area contributed by atoms with Gasteiger partial charge in [-0.25, -0.2) is 0 Å². The molecule has 1 N–H and O–H groups in total. The van der Waals surface area contributed by atoms with E-state index in [1.54, 1.807) is 0 Å². The Labute approximate surface area is 133 Å². The van der Waals surface area contributed by atoms with Crippen LogP contribution in [0.25, 0.3) is 0 Å². The van der Waals surface area contributed by atoms with Gasteiger partial charge in [-0.1, -0.05) is 28.4 Å². The third-order valence-corrected chi connectivity index (χ3v) is 6.22. The number of hydrogen-bond donors (Lipinski definition) is 1. The number of nitrogens with zero attached hydrogens (tertiary/aromatic N) is 1. The molecule has 0 amide bonds. The normalized spacial score (nSPS) is 34.9. The molecular weight excluding hydrogens is 330 g/mol. The number of fused-ring (bicyclic) bond motifs is 2. The Morgan fingerprint density at radius 1 is 1.29 bits per heavy atom. The number of carbonyl (C=O) groups is 1. The zero-order chi connectivity index (χ0) is 14.6. The van der Waals surface area contributed by atoms with E-state index < -0.39 is 5.97 Å². The summed E-state index contributed by atoms with van der Waals surface area (Å²) in [6, 6.07) is 6.51. The molecule has 4 heteroatoms. The molecule has 112 valence electrons. The topological polar surface area (TPSA) is 40.5 Å². The first-order valence-corrected chi connectivity index (χ1v) is 8.71. The Kier molecular flexibility index (Phi) is 3.34. The summed E-state index contributed by atoms with van der Waals surface area (Å²) >= 11 is 3.54. The number of aryl methyl sites for hydroxylation is 1. The van der Waals surface area contributed by atoms with Crippen molar-refractivity contribution in [3.63, 3.8) is 0 Å². The molecule has 1 aliphatic heterocycles. The van der Waals surface area contributed by atoms with Gasteiger partial charge in [0.25, 0.3) is 0 Å². The molecular formula is C17H20BrNO2. The summed E-state index contributed by atoms with van der Waals surface area (Å²) in [6.07, 6.45) is 5.65. The Balaban J connectivity index is 1.67. The molecule has 4 atom stereocenters. The molecule has 3 nitrogen and oxygen atoms in total. The summed E-state index contributed by atoms with van der Waals surface area (Å²) in [5, 5.41) is 9.73. The Bertz CT molecular complexity index is 588. The molecule has 1 heterocycles. The van der Waals surface area contributed by atoms with E-state index in [9.17, 15) is 9.90 Å². The van der Waals surface area contributed by atoms with Crippen LogP contribution in [0.1, 0.15) is 42.9 Å². The quantitative estimate of drug-likeness (QED) is 0.886. The van der Waals surface area contributed by atoms with Crippen LogP contribution in [0.3, 0.4) is 0 Å². The predicted molar refractivity (Wildman–Crippen MR) is 84.2 cm³/mol. The van der Waals surface area contributed by atoms with Gasteiger partial charge in [0, 0.05) is 17.1 Å². The Morgan fingerprint density at radius 3 is 2.95 bits per heavy atom. The van der Waals surface area contributed by atoms with Crippen molar-refractivity contribution < 1.29 is 9.90 Å². The second-order valence-electron chi connectivity index (χ2n) is 6.73. The van der Waals surface area contributed by atoms with Crippen molar-refractivity contribution in [3.8, 4) is 0 Å². The standard InChI is InChI=1S/C17H20BrNO2/c18-12-5-6-13-10(8-12)4-7-15(13)19-9-11-2-1-3-14(11)16(19)17(20)21/h5-6,8,11,14-16H,1-4,7,9H2,(H,20,21). The highest BCUT2D eigenvalue weighted by Crippen LogP contribution is 2.48. The van der Waals surface area contributed by atoms with Gasteiger partial charge in [0.15, 0.2) is 0 Å². The zero-order valence-electron chi connectivity index (χ0n) is 12.0. The van der Waals surface area contributed by atoms with Crippen LogP contribution in [0.4, 0.5) is 0 Å². The van der Waals surface area contributed by atoms with E-state index >= 15 is 0 Å². The molecule has 4 unspecified atom stereocenters. The van der Waals surface area contributed by atoms with Gasteiger partial charge in [-0.3, -0.25) is 9.69 Å². The zero-order valence-corrected chi connectivity index (χ0v) is 13.6. The molecule has 2 aliphatic carbocycles. The predicted octanol–water partition coefficient (Wildman–Crippen LogP) is 3.62. The third-order valence-electron chi connectivity index (χ3n) is 5.73. The minimum absolute atomic E-state index is 0.267. The van der Waals surface area contributed by atoms with Gasteiger partial charge >= 0.3 is 5.97 Å². The summed E-state index contributed by atoms with van der Waals surface area (Å²) in [4.78, 5) is 14.1. The summed E-state index contributed by atoms with van der Waals surface area (Å²) in [5.41, 5.74) is 2.74. The minimum Gasteiger partial charge on any atom is -0.480 e. The maximum Gasteiger partial charge on any atom is 0.321 e. The molecule has 1 aromatic carbocycles. The van der Waals surface area contributed by atoms with E-state index in [2.05, 4.69) is 39.0 Å². The van der Waals surface area contributed by atoms with E-state index in [0.717, 1.165) is 30.3 Å². The van der Waals surface area contributed by atoms with Crippen molar-refractivity contribution in [2.24, 2.45) is 11.8 Å². The fourth-order valence-electron chi connectivity index (χ4n) is 4.89. The number of hydrogen-bond acceptors (Lipinski definition) is 2. The van der Waals surface area contributed by atoms with Crippen LogP contribution in [-0.4, -0.2) is 28.6 Å². The molecule has 0 aromatic heterocycles. The van der Waals surface area contributed by atoms with Gasteiger partial charge in [0.2, 0.25) is 0 Å². The highest BCUT2D eigenvalue weighted by atomic mass is 79.9. The van der Waals surface area contributed by atoms with Crippen LogP contribution < -0.4 is 0 Å². The average molecular weight is 350 g/mol. The summed E-state index contributed by atoms with van der Waals surface area (Å²) in [6.45, 7) is 0.974. The second-order valence-corrected chi connectivity index (χ2v) is 7.65. The van der Waals surface area contributed by atoms with Gasteiger partial charge in [0.1, 0.15) is 6.04 Å². The Hall–Kier alpha value is -0.870. The molecule has 0 radical (unpaired) electrons. The van der Waals surface area contributed by atoms with Crippen LogP contribution in [0.5, 0.6) is 0 Å². The maximum absolute atomic E-state index is 11.8. The second kappa shape index (κ2) is 5.10. The van der Waals surface area contributed by atoms with Crippen molar-refractivity contribution in [1.82, 2.24) is 4.90 Å². The first kappa shape index (κ1) is 13.8. The highest BCUT2D eigenvalue weighted by Gasteiger charge is 2.50. The SMILES string of the molecule is O=C(O)C1C2CCCC2CN1C1CCc2cc(Br)ccc21. The molecule has 0 bridgehead atoms. The highest BCUT2D eigenvalue weighted by molar-refractivity contribution is 9.10. The molecule has 2 fully saturated rings. The van der Waals surface area contributed by atoms with Crippen LogP contribution >= 0.6 is 15.9 Å². The van der Waals surface area contributed by atoms with Crippen LogP contribution in [0.2, 0.25) is 0 Å². The third kappa shape index (κ3) is 2.15. The van der Waals surface area contributed by atoms with E-state index in [-0.39, 0.29) is 6.04 Å². The molecule has 21 heavy (non-hydrogen) atoms. The largest absolute Gasteiger partial charge is 0.480 e. The molecule has 4 rings (SSSR count). The van der Waals surface area contributed by atoms with Crippen molar-refractivity contribution in [2.45, 2.75) is 44.2 Å². The number of likely N-dealkylation sites (tertiary alicyclic amines) is 1. The fourth-order valence-corrected chi connectivity index (χ4v) is 5.30. The molecule has 3 aliphatic rings.